The summed E-state index contributed by atoms with van der Waals surface area (Å²) in [6, 6.07) is 4.20. The average molecular weight is 328 g/mol. The van der Waals surface area contributed by atoms with Crippen LogP contribution in [0.4, 0.5) is 0 Å². The van der Waals surface area contributed by atoms with Gasteiger partial charge in [0.1, 0.15) is 0 Å². The predicted octanol–water partition coefficient (Wildman–Crippen LogP) is 3.09. The van der Waals surface area contributed by atoms with E-state index in [1.165, 1.54) is 18.4 Å². The number of phenolic OH excluding ortho intramolecular Hbond substituents is 2. The van der Waals surface area contributed by atoms with Gasteiger partial charge >= 0.3 is 0 Å². The maximum atomic E-state index is 10.0. The SMILES string of the molecule is Br.CCCC1CNC2CCc3c(ccc(O)c3O)C12. The van der Waals surface area contributed by atoms with Gasteiger partial charge in [-0.15, -0.1) is 17.0 Å². The molecule has 0 saturated carbocycles. The molecule has 1 aliphatic carbocycles. The van der Waals surface area contributed by atoms with E-state index >= 15 is 0 Å². The summed E-state index contributed by atoms with van der Waals surface area (Å²) in [4.78, 5) is 0. The number of phenols is 2. The molecule has 1 fully saturated rings. The topological polar surface area (TPSA) is 52.5 Å². The number of rotatable bonds is 2. The molecular weight excluding hydrogens is 306 g/mol. The molecule has 3 unspecified atom stereocenters. The van der Waals surface area contributed by atoms with Crippen LogP contribution in [0.5, 0.6) is 11.5 Å². The van der Waals surface area contributed by atoms with Gasteiger partial charge in [0, 0.05) is 17.5 Å². The number of benzene rings is 1. The summed E-state index contributed by atoms with van der Waals surface area (Å²) in [5.41, 5.74) is 2.23. The minimum atomic E-state index is 0. The quantitative estimate of drug-likeness (QED) is 0.731. The molecule has 0 amide bonds. The summed E-state index contributed by atoms with van der Waals surface area (Å²) in [6.07, 6.45) is 4.36. The zero-order valence-electron chi connectivity index (χ0n) is 11.2. The van der Waals surface area contributed by atoms with Crippen molar-refractivity contribution in [3.63, 3.8) is 0 Å². The smallest absolute Gasteiger partial charge is 0.160 e. The summed E-state index contributed by atoms with van der Waals surface area (Å²) < 4.78 is 0. The molecule has 1 saturated heterocycles. The second kappa shape index (κ2) is 5.71. The van der Waals surface area contributed by atoms with E-state index in [9.17, 15) is 10.2 Å². The van der Waals surface area contributed by atoms with Crippen molar-refractivity contribution in [3.05, 3.63) is 23.3 Å². The third-order valence-electron chi connectivity index (χ3n) is 4.61. The fourth-order valence-corrected chi connectivity index (χ4v) is 3.80. The van der Waals surface area contributed by atoms with E-state index in [0.717, 1.165) is 24.9 Å². The number of halogens is 1. The second-order valence-electron chi connectivity index (χ2n) is 5.63. The first-order chi connectivity index (χ1) is 8.72. The first kappa shape index (κ1) is 14.7. The Morgan fingerprint density at radius 2 is 2.11 bits per heavy atom. The number of aromatic hydroxyl groups is 2. The molecular formula is C15H22BrNO2. The van der Waals surface area contributed by atoms with Gasteiger partial charge < -0.3 is 15.5 Å². The molecule has 0 bridgehead atoms. The van der Waals surface area contributed by atoms with Crippen molar-refractivity contribution in [1.29, 1.82) is 0 Å². The second-order valence-corrected chi connectivity index (χ2v) is 5.63. The molecule has 3 rings (SSSR count). The highest BCUT2D eigenvalue weighted by atomic mass is 79.9. The highest BCUT2D eigenvalue weighted by Crippen LogP contribution is 2.46. The monoisotopic (exact) mass is 327 g/mol. The number of fused-ring (bicyclic) bond motifs is 3. The Morgan fingerprint density at radius 1 is 1.32 bits per heavy atom. The molecule has 1 heterocycles. The third-order valence-corrected chi connectivity index (χ3v) is 4.61. The van der Waals surface area contributed by atoms with Crippen LogP contribution in [0.2, 0.25) is 0 Å². The van der Waals surface area contributed by atoms with Crippen LogP contribution < -0.4 is 5.32 Å². The predicted molar refractivity (Wildman–Crippen MR) is 81.3 cm³/mol. The lowest BCUT2D eigenvalue weighted by atomic mass is 9.74. The van der Waals surface area contributed by atoms with Crippen LogP contribution in [0, 0.1) is 5.92 Å². The molecule has 1 aromatic rings. The van der Waals surface area contributed by atoms with E-state index in [-0.39, 0.29) is 28.5 Å². The molecule has 3 atom stereocenters. The summed E-state index contributed by atoms with van der Waals surface area (Å²) in [5.74, 6) is 1.31. The average Bonchev–Trinajstić information content (AvgIpc) is 2.78. The van der Waals surface area contributed by atoms with Gasteiger partial charge in [-0.05, 0) is 43.4 Å². The minimum absolute atomic E-state index is 0. The van der Waals surface area contributed by atoms with E-state index < -0.39 is 0 Å². The van der Waals surface area contributed by atoms with Crippen molar-refractivity contribution >= 4 is 17.0 Å². The van der Waals surface area contributed by atoms with Crippen LogP contribution in [0.15, 0.2) is 12.1 Å². The van der Waals surface area contributed by atoms with Gasteiger partial charge in [0.05, 0.1) is 0 Å². The van der Waals surface area contributed by atoms with Gasteiger partial charge in [0.15, 0.2) is 11.5 Å². The molecule has 3 nitrogen and oxygen atoms in total. The molecule has 1 aliphatic heterocycles. The van der Waals surface area contributed by atoms with E-state index in [2.05, 4.69) is 12.2 Å². The Kier molecular flexibility index (Phi) is 4.41. The summed E-state index contributed by atoms with van der Waals surface area (Å²) in [6.45, 7) is 3.32. The van der Waals surface area contributed by atoms with Gasteiger partial charge in [0.2, 0.25) is 0 Å². The molecule has 0 aromatic heterocycles. The Labute approximate surface area is 124 Å². The van der Waals surface area contributed by atoms with Crippen molar-refractivity contribution in [2.45, 2.75) is 44.6 Å². The fourth-order valence-electron chi connectivity index (χ4n) is 3.80. The summed E-state index contributed by atoms with van der Waals surface area (Å²) in [5, 5.41) is 23.3. The Hall–Kier alpha value is -0.740. The largest absolute Gasteiger partial charge is 0.504 e. The van der Waals surface area contributed by atoms with Crippen molar-refractivity contribution in [2.24, 2.45) is 5.92 Å². The highest BCUT2D eigenvalue weighted by Gasteiger charge is 2.40. The first-order valence-electron chi connectivity index (χ1n) is 6.99. The van der Waals surface area contributed by atoms with Crippen molar-refractivity contribution in [1.82, 2.24) is 5.32 Å². The van der Waals surface area contributed by atoms with Crippen LogP contribution in [0.25, 0.3) is 0 Å². The van der Waals surface area contributed by atoms with Crippen LogP contribution in [-0.4, -0.2) is 22.8 Å². The zero-order valence-corrected chi connectivity index (χ0v) is 12.9. The Bertz CT molecular complexity index is 464. The summed E-state index contributed by atoms with van der Waals surface area (Å²) in [7, 11) is 0. The molecule has 2 aliphatic rings. The van der Waals surface area contributed by atoms with Crippen LogP contribution in [0.3, 0.4) is 0 Å². The van der Waals surface area contributed by atoms with Gasteiger partial charge in [-0.25, -0.2) is 0 Å². The van der Waals surface area contributed by atoms with E-state index in [1.807, 2.05) is 6.07 Å². The van der Waals surface area contributed by atoms with Crippen LogP contribution in [0.1, 0.15) is 43.2 Å². The summed E-state index contributed by atoms with van der Waals surface area (Å²) >= 11 is 0. The lowest BCUT2D eigenvalue weighted by Crippen LogP contribution is -2.30. The number of hydrogen-bond acceptors (Lipinski definition) is 3. The maximum Gasteiger partial charge on any atom is 0.160 e. The molecule has 4 heteroatoms. The fraction of sp³-hybridized carbons (Fsp3) is 0.600. The highest BCUT2D eigenvalue weighted by molar-refractivity contribution is 8.93. The Balaban J connectivity index is 0.00000133. The molecule has 1 aromatic carbocycles. The Morgan fingerprint density at radius 3 is 2.84 bits per heavy atom. The number of nitrogens with one attached hydrogen (secondary N) is 1. The number of hydrogen-bond donors (Lipinski definition) is 3. The van der Waals surface area contributed by atoms with Crippen molar-refractivity contribution in [3.8, 4) is 11.5 Å². The van der Waals surface area contributed by atoms with Gasteiger partial charge in [0.25, 0.3) is 0 Å². The van der Waals surface area contributed by atoms with Crippen LogP contribution >= 0.6 is 17.0 Å². The molecule has 3 N–H and O–H groups in total. The molecule has 0 radical (unpaired) electrons. The molecule has 106 valence electrons. The maximum absolute atomic E-state index is 10.0. The zero-order chi connectivity index (χ0) is 12.7. The van der Waals surface area contributed by atoms with E-state index in [1.54, 1.807) is 6.07 Å². The lowest BCUT2D eigenvalue weighted by Gasteiger charge is -2.31. The van der Waals surface area contributed by atoms with Gasteiger partial charge in [-0.1, -0.05) is 19.4 Å². The van der Waals surface area contributed by atoms with E-state index in [4.69, 9.17) is 0 Å². The van der Waals surface area contributed by atoms with Crippen molar-refractivity contribution in [2.75, 3.05) is 6.54 Å². The molecule has 0 spiro atoms. The van der Waals surface area contributed by atoms with Gasteiger partial charge in [-0.3, -0.25) is 0 Å². The normalized spacial score (nSPS) is 28.4. The lowest BCUT2D eigenvalue weighted by molar-refractivity contribution is 0.374. The van der Waals surface area contributed by atoms with Crippen molar-refractivity contribution < 1.29 is 10.2 Å². The van der Waals surface area contributed by atoms with E-state index in [0.29, 0.717) is 17.9 Å². The first-order valence-corrected chi connectivity index (χ1v) is 6.99. The standard InChI is InChI=1S/C15H21NO2.BrH/c1-2-3-9-8-16-12-6-4-11-10(14(9)12)5-7-13(17)15(11)18;/h5,7,9,12,14,16-18H,2-4,6,8H2,1H3;1H. The van der Waals surface area contributed by atoms with Gasteiger partial charge in [-0.2, -0.15) is 0 Å². The minimum Gasteiger partial charge on any atom is -0.504 e. The third kappa shape index (κ3) is 2.36. The van der Waals surface area contributed by atoms with Crippen LogP contribution in [-0.2, 0) is 6.42 Å². The molecule has 19 heavy (non-hydrogen) atoms.